The number of benzene rings is 2. The first-order valence-corrected chi connectivity index (χ1v) is 10.0. The van der Waals surface area contributed by atoms with E-state index in [1.54, 1.807) is 43.6 Å². The van der Waals surface area contributed by atoms with Crippen LogP contribution in [0.4, 0.5) is 0 Å². The van der Waals surface area contributed by atoms with Crippen molar-refractivity contribution in [2.75, 3.05) is 20.8 Å². The Bertz CT molecular complexity index is 1160. The number of pyridine rings is 1. The van der Waals surface area contributed by atoms with Crippen LogP contribution in [-0.2, 0) is 13.1 Å². The van der Waals surface area contributed by atoms with E-state index >= 15 is 0 Å². The fraction of sp³-hybridized carbons (Fsp3) is 0.208. The fourth-order valence-electron chi connectivity index (χ4n) is 3.42. The van der Waals surface area contributed by atoms with Crippen molar-refractivity contribution >= 4 is 16.9 Å². The molecule has 0 fully saturated rings. The number of methoxy groups -OCH3 is 1. The Kier molecular flexibility index (Phi) is 6.12. The van der Waals surface area contributed by atoms with Crippen molar-refractivity contribution in [3.8, 4) is 11.5 Å². The second-order valence-electron chi connectivity index (χ2n) is 7.10. The van der Waals surface area contributed by atoms with Crippen LogP contribution in [0.15, 0.2) is 73.1 Å². The molecule has 2 aromatic carbocycles. The number of ether oxygens (including phenoxy) is 2. The van der Waals surface area contributed by atoms with Crippen molar-refractivity contribution < 1.29 is 14.3 Å². The maximum atomic E-state index is 12.7. The van der Waals surface area contributed by atoms with Crippen LogP contribution in [0.5, 0.6) is 11.5 Å². The molecule has 0 bridgehead atoms. The predicted octanol–water partition coefficient (Wildman–Crippen LogP) is 3.79. The molecule has 0 radical (unpaired) electrons. The topological polar surface area (TPSA) is 69.5 Å². The molecule has 0 unspecified atom stereocenters. The SMILES string of the molecule is COc1ccc(OCCn2c(CN(C)C(=O)c3cccnc3)nc3ccccc32)cc1. The minimum absolute atomic E-state index is 0.0961. The van der Waals surface area contributed by atoms with Crippen LogP contribution >= 0.6 is 0 Å². The van der Waals surface area contributed by atoms with Gasteiger partial charge in [0.05, 0.1) is 36.8 Å². The minimum Gasteiger partial charge on any atom is -0.497 e. The smallest absolute Gasteiger partial charge is 0.255 e. The Morgan fingerprint density at radius 1 is 1.03 bits per heavy atom. The maximum Gasteiger partial charge on any atom is 0.255 e. The number of fused-ring (bicyclic) bond motifs is 1. The van der Waals surface area contributed by atoms with Crippen molar-refractivity contribution in [1.82, 2.24) is 19.4 Å². The van der Waals surface area contributed by atoms with Gasteiger partial charge in [-0.1, -0.05) is 12.1 Å². The second-order valence-corrected chi connectivity index (χ2v) is 7.10. The number of imidazole rings is 1. The van der Waals surface area contributed by atoms with Gasteiger partial charge in [0.25, 0.3) is 5.91 Å². The highest BCUT2D eigenvalue weighted by Crippen LogP contribution is 2.20. The number of rotatable bonds is 8. The summed E-state index contributed by atoms with van der Waals surface area (Å²) in [6.45, 7) is 1.46. The largest absolute Gasteiger partial charge is 0.497 e. The maximum absolute atomic E-state index is 12.7. The van der Waals surface area contributed by atoms with Gasteiger partial charge in [-0.05, 0) is 48.5 Å². The summed E-state index contributed by atoms with van der Waals surface area (Å²) in [4.78, 5) is 23.2. The zero-order valence-electron chi connectivity index (χ0n) is 17.6. The summed E-state index contributed by atoms with van der Waals surface area (Å²) in [5.41, 5.74) is 2.46. The molecule has 31 heavy (non-hydrogen) atoms. The third kappa shape index (κ3) is 4.66. The monoisotopic (exact) mass is 416 g/mol. The molecule has 0 aliphatic heterocycles. The predicted molar refractivity (Wildman–Crippen MR) is 118 cm³/mol. The summed E-state index contributed by atoms with van der Waals surface area (Å²) in [5, 5.41) is 0. The summed E-state index contributed by atoms with van der Waals surface area (Å²) < 4.78 is 13.2. The Balaban J connectivity index is 1.50. The highest BCUT2D eigenvalue weighted by Gasteiger charge is 2.17. The number of aromatic nitrogens is 3. The second kappa shape index (κ2) is 9.30. The number of nitrogens with zero attached hydrogens (tertiary/aromatic N) is 4. The van der Waals surface area contributed by atoms with E-state index in [2.05, 4.69) is 9.55 Å². The standard InChI is InChI=1S/C24H24N4O3/c1-27(24(29)18-6-5-13-25-16-18)17-23-26-21-7-3-4-8-22(21)28(23)14-15-31-20-11-9-19(30-2)10-12-20/h3-13,16H,14-15,17H2,1-2H3. The summed E-state index contributed by atoms with van der Waals surface area (Å²) >= 11 is 0. The van der Waals surface area contributed by atoms with E-state index in [0.29, 0.717) is 25.3 Å². The third-order valence-electron chi connectivity index (χ3n) is 5.01. The van der Waals surface area contributed by atoms with Gasteiger partial charge < -0.3 is 18.9 Å². The Morgan fingerprint density at radius 3 is 2.55 bits per heavy atom. The molecule has 7 heteroatoms. The van der Waals surface area contributed by atoms with E-state index in [9.17, 15) is 4.79 Å². The first kappa shape index (κ1) is 20.4. The lowest BCUT2D eigenvalue weighted by Gasteiger charge is -2.18. The van der Waals surface area contributed by atoms with Crippen LogP contribution in [0, 0.1) is 0 Å². The Morgan fingerprint density at radius 2 is 1.81 bits per heavy atom. The van der Waals surface area contributed by atoms with Crippen LogP contribution in [0.2, 0.25) is 0 Å². The molecule has 0 aliphatic carbocycles. The van der Waals surface area contributed by atoms with E-state index in [4.69, 9.17) is 14.5 Å². The lowest BCUT2D eigenvalue weighted by Crippen LogP contribution is -2.28. The molecular weight excluding hydrogens is 392 g/mol. The minimum atomic E-state index is -0.0961. The van der Waals surface area contributed by atoms with E-state index in [-0.39, 0.29) is 5.91 Å². The first-order valence-electron chi connectivity index (χ1n) is 10.0. The molecule has 7 nitrogen and oxygen atoms in total. The molecule has 2 heterocycles. The zero-order valence-corrected chi connectivity index (χ0v) is 17.6. The molecule has 0 atom stereocenters. The van der Waals surface area contributed by atoms with Gasteiger partial charge in [0, 0.05) is 19.4 Å². The number of carbonyl (C=O) groups is 1. The fourth-order valence-corrected chi connectivity index (χ4v) is 3.42. The molecule has 0 N–H and O–H groups in total. The molecule has 0 saturated carbocycles. The number of amides is 1. The molecule has 158 valence electrons. The van der Waals surface area contributed by atoms with E-state index in [1.807, 2.05) is 48.5 Å². The molecule has 1 amide bonds. The third-order valence-corrected chi connectivity index (χ3v) is 5.01. The molecule has 0 spiro atoms. The molecule has 2 aromatic heterocycles. The lowest BCUT2D eigenvalue weighted by atomic mass is 10.2. The average Bonchev–Trinajstić information content (AvgIpc) is 3.16. The van der Waals surface area contributed by atoms with Gasteiger partial charge in [-0.2, -0.15) is 0 Å². The van der Waals surface area contributed by atoms with Crippen molar-refractivity contribution in [1.29, 1.82) is 0 Å². The van der Waals surface area contributed by atoms with Gasteiger partial charge in [-0.3, -0.25) is 9.78 Å². The van der Waals surface area contributed by atoms with Gasteiger partial charge in [-0.25, -0.2) is 4.98 Å². The van der Waals surface area contributed by atoms with Crippen molar-refractivity contribution in [2.45, 2.75) is 13.1 Å². The molecule has 4 rings (SSSR count). The van der Waals surface area contributed by atoms with Crippen LogP contribution in [0.25, 0.3) is 11.0 Å². The highest BCUT2D eigenvalue weighted by atomic mass is 16.5. The van der Waals surface area contributed by atoms with E-state index < -0.39 is 0 Å². The van der Waals surface area contributed by atoms with Crippen LogP contribution in [0.1, 0.15) is 16.2 Å². The Labute approximate surface area is 180 Å². The number of para-hydroxylation sites is 2. The van der Waals surface area contributed by atoms with Gasteiger partial charge in [0.15, 0.2) is 0 Å². The van der Waals surface area contributed by atoms with Crippen LogP contribution in [0.3, 0.4) is 0 Å². The van der Waals surface area contributed by atoms with Gasteiger partial charge >= 0.3 is 0 Å². The van der Waals surface area contributed by atoms with Crippen molar-refractivity contribution in [2.24, 2.45) is 0 Å². The summed E-state index contributed by atoms with van der Waals surface area (Å²) in [5.74, 6) is 2.27. The van der Waals surface area contributed by atoms with Gasteiger partial charge in [-0.15, -0.1) is 0 Å². The average molecular weight is 416 g/mol. The van der Waals surface area contributed by atoms with Gasteiger partial charge in [0.2, 0.25) is 0 Å². The van der Waals surface area contributed by atoms with Crippen molar-refractivity contribution in [3.63, 3.8) is 0 Å². The number of hydrogen-bond donors (Lipinski definition) is 0. The Hall–Kier alpha value is -3.87. The van der Waals surface area contributed by atoms with E-state index in [0.717, 1.165) is 28.4 Å². The molecule has 4 aromatic rings. The molecular formula is C24H24N4O3. The highest BCUT2D eigenvalue weighted by molar-refractivity contribution is 5.93. The normalized spacial score (nSPS) is 10.8. The summed E-state index contributed by atoms with van der Waals surface area (Å²) in [6, 6.07) is 19.0. The van der Waals surface area contributed by atoms with Crippen molar-refractivity contribution in [3.05, 3.63) is 84.4 Å². The van der Waals surface area contributed by atoms with Crippen LogP contribution in [-0.4, -0.2) is 46.1 Å². The molecule has 0 saturated heterocycles. The number of carbonyl (C=O) groups excluding carboxylic acids is 1. The van der Waals surface area contributed by atoms with Gasteiger partial charge in [0.1, 0.15) is 23.9 Å². The summed E-state index contributed by atoms with van der Waals surface area (Å²) in [6.07, 6.45) is 3.23. The van der Waals surface area contributed by atoms with E-state index in [1.165, 1.54) is 0 Å². The van der Waals surface area contributed by atoms with Crippen LogP contribution < -0.4 is 9.47 Å². The zero-order chi connectivity index (χ0) is 21.6. The summed E-state index contributed by atoms with van der Waals surface area (Å²) in [7, 11) is 3.41. The number of hydrogen-bond acceptors (Lipinski definition) is 5. The quantitative estimate of drug-likeness (QED) is 0.437. The first-order chi connectivity index (χ1) is 15.2. The lowest BCUT2D eigenvalue weighted by molar-refractivity contribution is 0.0779. The molecule has 0 aliphatic rings.